The highest BCUT2D eigenvalue weighted by Gasteiger charge is 2.25. The van der Waals surface area contributed by atoms with Crippen molar-refractivity contribution in [3.8, 4) is 5.69 Å². The lowest BCUT2D eigenvalue weighted by atomic mass is 10.2. The van der Waals surface area contributed by atoms with Crippen LogP contribution in [-0.4, -0.2) is 25.5 Å². The lowest BCUT2D eigenvalue weighted by molar-refractivity contribution is 0.126. The van der Waals surface area contributed by atoms with Gasteiger partial charge in [0.1, 0.15) is 12.4 Å². The second-order valence-corrected chi connectivity index (χ2v) is 5.31. The summed E-state index contributed by atoms with van der Waals surface area (Å²) >= 11 is 0. The van der Waals surface area contributed by atoms with Gasteiger partial charge in [0.15, 0.2) is 0 Å². The molecule has 0 saturated heterocycles. The van der Waals surface area contributed by atoms with E-state index in [1.165, 1.54) is 19.2 Å². The van der Waals surface area contributed by atoms with Crippen molar-refractivity contribution in [2.45, 2.75) is 26.4 Å². The third-order valence-electron chi connectivity index (χ3n) is 3.63. The first-order chi connectivity index (χ1) is 10.6. The Kier molecular flexibility index (Phi) is 3.74. The highest BCUT2D eigenvalue weighted by Crippen LogP contribution is 2.30. The van der Waals surface area contributed by atoms with Crippen LogP contribution in [0.2, 0.25) is 0 Å². The minimum atomic E-state index is -0.477. The molecule has 1 aliphatic carbocycles. The SMILES string of the molecule is CC(=NOCc1c(F)cccc1-n1nnn(C)c1=O)C1CC1. The maximum Gasteiger partial charge on any atom is 0.368 e. The zero-order valence-corrected chi connectivity index (χ0v) is 12.4. The molecule has 0 N–H and O–H groups in total. The van der Waals surface area contributed by atoms with Gasteiger partial charge in [0.2, 0.25) is 0 Å². The van der Waals surface area contributed by atoms with Crippen molar-refractivity contribution >= 4 is 5.71 Å². The van der Waals surface area contributed by atoms with E-state index >= 15 is 0 Å². The van der Waals surface area contributed by atoms with E-state index in [-0.39, 0.29) is 12.2 Å². The number of nitrogens with zero attached hydrogens (tertiary/aromatic N) is 5. The molecule has 22 heavy (non-hydrogen) atoms. The Hall–Kier alpha value is -2.51. The summed E-state index contributed by atoms with van der Waals surface area (Å²) in [6, 6.07) is 4.41. The summed E-state index contributed by atoms with van der Waals surface area (Å²) in [5, 5.41) is 11.4. The normalized spacial score (nSPS) is 15.1. The first-order valence-electron chi connectivity index (χ1n) is 7.01. The summed E-state index contributed by atoms with van der Waals surface area (Å²) in [4.78, 5) is 17.2. The predicted octanol–water partition coefficient (Wildman–Crippen LogP) is 1.41. The van der Waals surface area contributed by atoms with Crippen molar-refractivity contribution in [1.29, 1.82) is 0 Å². The molecule has 1 saturated carbocycles. The van der Waals surface area contributed by atoms with Crippen LogP contribution >= 0.6 is 0 Å². The zero-order valence-electron chi connectivity index (χ0n) is 12.4. The fourth-order valence-electron chi connectivity index (χ4n) is 2.13. The standard InChI is InChI=1S/C14H16FN5O2/c1-9(10-6-7-10)16-22-8-11-12(15)4-3-5-13(11)20-14(21)19(2)17-18-20/h3-5,10H,6-8H2,1-2H3. The average molecular weight is 305 g/mol. The Bertz CT molecular complexity index is 776. The molecule has 8 heteroatoms. The lowest BCUT2D eigenvalue weighted by Crippen LogP contribution is -2.23. The molecule has 0 aliphatic heterocycles. The molecular formula is C14H16FN5O2. The number of aromatic nitrogens is 4. The molecular weight excluding hydrogens is 289 g/mol. The van der Waals surface area contributed by atoms with Gasteiger partial charge in [0.05, 0.1) is 17.0 Å². The first-order valence-corrected chi connectivity index (χ1v) is 7.01. The summed E-state index contributed by atoms with van der Waals surface area (Å²) in [7, 11) is 1.48. The van der Waals surface area contributed by atoms with Gasteiger partial charge in [-0.2, -0.15) is 9.36 Å². The van der Waals surface area contributed by atoms with Crippen molar-refractivity contribution in [2.24, 2.45) is 18.1 Å². The fourth-order valence-corrected chi connectivity index (χ4v) is 2.13. The van der Waals surface area contributed by atoms with Crippen LogP contribution in [0.4, 0.5) is 4.39 Å². The van der Waals surface area contributed by atoms with E-state index in [2.05, 4.69) is 15.6 Å². The van der Waals surface area contributed by atoms with E-state index in [1.807, 2.05) is 6.92 Å². The van der Waals surface area contributed by atoms with Gasteiger partial charge < -0.3 is 4.84 Å². The molecule has 7 nitrogen and oxygen atoms in total. The van der Waals surface area contributed by atoms with Gasteiger partial charge in [0, 0.05) is 13.0 Å². The number of hydrogen-bond acceptors (Lipinski definition) is 5. The first kappa shape index (κ1) is 14.4. The van der Waals surface area contributed by atoms with Gasteiger partial charge in [-0.1, -0.05) is 11.2 Å². The minimum absolute atomic E-state index is 0.0743. The molecule has 0 radical (unpaired) electrons. The van der Waals surface area contributed by atoms with Crippen molar-refractivity contribution in [2.75, 3.05) is 0 Å². The minimum Gasteiger partial charge on any atom is -0.391 e. The monoisotopic (exact) mass is 305 g/mol. The quantitative estimate of drug-likeness (QED) is 0.618. The second kappa shape index (κ2) is 5.70. The number of aryl methyl sites for hydroxylation is 1. The molecule has 0 unspecified atom stereocenters. The Morgan fingerprint density at radius 2 is 2.23 bits per heavy atom. The molecule has 1 aliphatic rings. The maximum absolute atomic E-state index is 14.1. The fraction of sp³-hybridized carbons (Fsp3) is 0.429. The molecule has 116 valence electrons. The van der Waals surface area contributed by atoms with Crippen molar-refractivity contribution < 1.29 is 9.23 Å². The van der Waals surface area contributed by atoms with Crippen LogP contribution in [0.1, 0.15) is 25.3 Å². The molecule has 0 amide bonds. The molecule has 1 fully saturated rings. The van der Waals surface area contributed by atoms with Crippen LogP contribution in [0.25, 0.3) is 5.69 Å². The number of tetrazole rings is 1. The average Bonchev–Trinajstić information content (AvgIpc) is 3.29. The predicted molar refractivity (Wildman–Crippen MR) is 77.2 cm³/mol. The van der Waals surface area contributed by atoms with Crippen LogP contribution in [-0.2, 0) is 18.5 Å². The smallest absolute Gasteiger partial charge is 0.368 e. The summed E-state index contributed by atoms with van der Waals surface area (Å²) in [6.45, 7) is 1.82. The maximum atomic E-state index is 14.1. The molecule has 0 atom stereocenters. The Balaban J connectivity index is 1.88. The number of halogens is 1. The summed E-state index contributed by atoms with van der Waals surface area (Å²) in [6.07, 6.45) is 2.25. The van der Waals surface area contributed by atoms with Crippen LogP contribution in [0, 0.1) is 11.7 Å². The number of hydrogen-bond donors (Lipinski definition) is 0. The zero-order chi connectivity index (χ0) is 15.7. The molecule has 1 heterocycles. The number of benzene rings is 1. The van der Waals surface area contributed by atoms with Gasteiger partial charge in [-0.25, -0.2) is 9.18 Å². The van der Waals surface area contributed by atoms with E-state index in [4.69, 9.17) is 4.84 Å². The van der Waals surface area contributed by atoms with Crippen molar-refractivity contribution in [3.05, 3.63) is 40.1 Å². The highest BCUT2D eigenvalue weighted by molar-refractivity contribution is 5.85. The Morgan fingerprint density at radius 3 is 2.86 bits per heavy atom. The van der Waals surface area contributed by atoms with Gasteiger partial charge >= 0.3 is 5.69 Å². The van der Waals surface area contributed by atoms with Gasteiger partial charge in [-0.05, 0) is 42.3 Å². The molecule has 1 aromatic heterocycles. The van der Waals surface area contributed by atoms with E-state index in [9.17, 15) is 9.18 Å². The van der Waals surface area contributed by atoms with Gasteiger partial charge in [-0.3, -0.25) is 0 Å². The third kappa shape index (κ3) is 2.76. The topological polar surface area (TPSA) is 74.3 Å². The highest BCUT2D eigenvalue weighted by atomic mass is 19.1. The largest absolute Gasteiger partial charge is 0.391 e. The van der Waals surface area contributed by atoms with Crippen molar-refractivity contribution in [1.82, 2.24) is 19.8 Å². The van der Waals surface area contributed by atoms with Crippen LogP contribution in [0.5, 0.6) is 0 Å². The van der Waals surface area contributed by atoms with E-state index in [0.717, 1.165) is 27.9 Å². The Labute approximate surface area is 126 Å². The second-order valence-electron chi connectivity index (χ2n) is 5.31. The summed E-state index contributed by atoms with van der Waals surface area (Å²) in [5.41, 5.74) is 0.980. The molecule has 0 spiro atoms. The van der Waals surface area contributed by atoms with Gasteiger partial charge in [0.25, 0.3) is 0 Å². The molecule has 0 bridgehead atoms. The van der Waals surface area contributed by atoms with Crippen molar-refractivity contribution in [3.63, 3.8) is 0 Å². The van der Waals surface area contributed by atoms with Gasteiger partial charge in [-0.15, -0.1) is 0 Å². The van der Waals surface area contributed by atoms with Crippen LogP contribution in [0.3, 0.4) is 0 Å². The van der Waals surface area contributed by atoms with Crippen LogP contribution < -0.4 is 5.69 Å². The molecule has 2 aromatic rings. The number of oxime groups is 1. The lowest BCUT2D eigenvalue weighted by Gasteiger charge is -2.08. The van der Waals surface area contributed by atoms with E-state index in [1.54, 1.807) is 6.07 Å². The molecule has 1 aromatic carbocycles. The van der Waals surface area contributed by atoms with E-state index < -0.39 is 11.5 Å². The summed E-state index contributed by atoms with van der Waals surface area (Å²) < 4.78 is 16.2. The Morgan fingerprint density at radius 1 is 1.45 bits per heavy atom. The molecule has 3 rings (SSSR count). The third-order valence-corrected chi connectivity index (χ3v) is 3.63. The van der Waals surface area contributed by atoms with E-state index in [0.29, 0.717) is 11.6 Å². The number of rotatable bonds is 5. The summed E-state index contributed by atoms with van der Waals surface area (Å²) in [5.74, 6) is 0.0111. The van der Waals surface area contributed by atoms with Crippen LogP contribution in [0.15, 0.2) is 28.1 Å².